The van der Waals surface area contributed by atoms with Gasteiger partial charge in [0.25, 0.3) is 5.91 Å². The lowest BCUT2D eigenvalue weighted by Crippen LogP contribution is -2.16. The molecule has 0 aliphatic carbocycles. The molecule has 6 heteroatoms. The van der Waals surface area contributed by atoms with Crippen molar-refractivity contribution in [1.29, 1.82) is 0 Å². The maximum Gasteiger partial charge on any atom is 0.332 e. The zero-order valence-electron chi connectivity index (χ0n) is 14.7. The van der Waals surface area contributed by atoms with E-state index in [0.717, 1.165) is 42.0 Å². The highest BCUT2D eigenvalue weighted by Gasteiger charge is 2.35. The first kappa shape index (κ1) is 16.5. The van der Waals surface area contributed by atoms with Gasteiger partial charge in [-0.05, 0) is 34.9 Å². The van der Waals surface area contributed by atoms with Crippen molar-refractivity contribution in [2.24, 2.45) is 5.16 Å². The Balaban J connectivity index is 1.91. The zero-order valence-corrected chi connectivity index (χ0v) is 14.7. The minimum absolute atomic E-state index is 0.144. The molecule has 0 unspecified atom stereocenters. The number of carbonyl (C=O) groups is 2. The molecule has 4 rings (SSSR count). The van der Waals surface area contributed by atoms with Crippen LogP contribution in [0.2, 0.25) is 0 Å². The predicted octanol–water partition coefficient (Wildman–Crippen LogP) is 2.91. The Morgan fingerprint density at radius 2 is 1.92 bits per heavy atom. The van der Waals surface area contributed by atoms with Crippen molar-refractivity contribution >= 4 is 23.3 Å². The number of fused-ring (bicyclic) bond motifs is 3. The van der Waals surface area contributed by atoms with Crippen molar-refractivity contribution in [1.82, 2.24) is 4.90 Å². The summed E-state index contributed by atoms with van der Waals surface area (Å²) in [6.07, 6.45) is 0. The molecule has 6 nitrogen and oxygen atoms in total. The summed E-state index contributed by atoms with van der Waals surface area (Å²) < 4.78 is 0. The van der Waals surface area contributed by atoms with Crippen LogP contribution in [0.4, 0.5) is 5.69 Å². The number of amides is 1. The van der Waals surface area contributed by atoms with Gasteiger partial charge in [-0.25, -0.2) is 4.79 Å². The van der Waals surface area contributed by atoms with Crippen LogP contribution in [0.3, 0.4) is 0 Å². The molecule has 2 aromatic carbocycles. The molecule has 2 aliphatic rings. The van der Waals surface area contributed by atoms with Crippen LogP contribution in [0.25, 0.3) is 11.1 Å². The fourth-order valence-electron chi connectivity index (χ4n) is 3.56. The second-order valence-electron chi connectivity index (χ2n) is 6.45. The molecular weight excluding hydrogens is 330 g/mol. The van der Waals surface area contributed by atoms with Crippen LogP contribution in [0, 0.1) is 0 Å². The fourth-order valence-corrected chi connectivity index (χ4v) is 3.56. The van der Waals surface area contributed by atoms with Gasteiger partial charge in [-0.2, -0.15) is 0 Å². The second-order valence-corrected chi connectivity index (χ2v) is 6.45. The normalized spacial score (nSPS) is 17.2. The van der Waals surface area contributed by atoms with E-state index in [1.54, 1.807) is 0 Å². The van der Waals surface area contributed by atoms with Gasteiger partial charge in [-0.1, -0.05) is 42.4 Å². The molecule has 1 amide bonds. The van der Waals surface area contributed by atoms with Gasteiger partial charge in [0.15, 0.2) is 5.71 Å². The third-order valence-corrected chi connectivity index (χ3v) is 4.82. The zero-order chi connectivity index (χ0) is 18.3. The minimum Gasteiger partial charge on any atom is -0.320 e. The summed E-state index contributed by atoms with van der Waals surface area (Å²) in [6, 6.07) is 12.1. The van der Waals surface area contributed by atoms with E-state index < -0.39 is 5.97 Å². The van der Waals surface area contributed by atoms with Crippen molar-refractivity contribution in [2.45, 2.75) is 26.9 Å². The minimum atomic E-state index is -0.555. The Morgan fingerprint density at radius 3 is 2.62 bits per heavy atom. The lowest BCUT2D eigenvalue weighted by atomic mass is 9.92. The van der Waals surface area contributed by atoms with Crippen LogP contribution in [-0.2, 0) is 27.5 Å². The van der Waals surface area contributed by atoms with E-state index in [1.807, 2.05) is 24.3 Å². The van der Waals surface area contributed by atoms with E-state index in [-0.39, 0.29) is 11.6 Å². The number of oxime groups is 1. The smallest absolute Gasteiger partial charge is 0.320 e. The standard InChI is InChI=1S/C20H19N3O3/c1-3-23-10-16-14(13-7-5-4-6-8-13)9-15-18(17(16)11-23)21-20(25)19(15)22-26-12(2)24/h4-9H,3,10-11H2,1-2H3,(H,21,22,25). The molecule has 0 spiro atoms. The van der Waals surface area contributed by atoms with E-state index >= 15 is 0 Å². The quantitative estimate of drug-likeness (QED) is 0.683. The molecule has 2 heterocycles. The van der Waals surface area contributed by atoms with E-state index in [1.165, 1.54) is 12.5 Å². The summed E-state index contributed by atoms with van der Waals surface area (Å²) in [7, 11) is 0. The highest BCUT2D eigenvalue weighted by Crippen LogP contribution is 2.41. The molecule has 0 atom stereocenters. The molecule has 0 saturated carbocycles. The van der Waals surface area contributed by atoms with E-state index in [2.05, 4.69) is 34.4 Å². The highest BCUT2D eigenvalue weighted by molar-refractivity contribution is 6.54. The van der Waals surface area contributed by atoms with Gasteiger partial charge in [0.05, 0.1) is 5.69 Å². The van der Waals surface area contributed by atoms with Crippen LogP contribution in [0.1, 0.15) is 30.5 Å². The summed E-state index contributed by atoms with van der Waals surface area (Å²) in [5.41, 5.74) is 6.14. The second kappa shape index (κ2) is 6.38. The molecular formula is C20H19N3O3. The van der Waals surface area contributed by atoms with Crippen LogP contribution in [0.5, 0.6) is 0 Å². The van der Waals surface area contributed by atoms with Crippen LogP contribution in [-0.4, -0.2) is 29.0 Å². The average molecular weight is 349 g/mol. The number of anilines is 1. The number of hydrogen-bond donors (Lipinski definition) is 1. The highest BCUT2D eigenvalue weighted by atomic mass is 16.7. The molecule has 2 aliphatic heterocycles. The summed E-state index contributed by atoms with van der Waals surface area (Å²) in [6.45, 7) is 5.93. The average Bonchev–Trinajstić information content (AvgIpc) is 3.20. The molecule has 1 N–H and O–H groups in total. The molecule has 26 heavy (non-hydrogen) atoms. The first-order valence-corrected chi connectivity index (χ1v) is 8.62. The molecule has 0 saturated heterocycles. The Labute approximate surface area is 151 Å². The van der Waals surface area contributed by atoms with Crippen molar-refractivity contribution in [2.75, 3.05) is 11.9 Å². The van der Waals surface area contributed by atoms with Gasteiger partial charge in [-0.15, -0.1) is 0 Å². The summed E-state index contributed by atoms with van der Waals surface area (Å²) in [5, 5.41) is 6.69. The summed E-state index contributed by atoms with van der Waals surface area (Å²) in [4.78, 5) is 30.6. The van der Waals surface area contributed by atoms with Gasteiger partial charge in [0.1, 0.15) is 0 Å². The maximum atomic E-state index is 12.4. The SMILES string of the molecule is CCN1Cc2c(-c3ccccc3)cc3c(c2C1)NC(=O)C3=NOC(C)=O. The number of hydrogen-bond acceptors (Lipinski definition) is 5. The Bertz CT molecular complexity index is 935. The van der Waals surface area contributed by atoms with Crippen molar-refractivity contribution in [3.8, 4) is 11.1 Å². The molecule has 0 bridgehead atoms. The first-order chi connectivity index (χ1) is 12.6. The van der Waals surface area contributed by atoms with E-state index in [0.29, 0.717) is 5.56 Å². The molecule has 0 radical (unpaired) electrons. The van der Waals surface area contributed by atoms with Gasteiger partial charge >= 0.3 is 5.97 Å². The van der Waals surface area contributed by atoms with Gasteiger partial charge in [0.2, 0.25) is 0 Å². The number of carbonyl (C=O) groups excluding carboxylic acids is 2. The van der Waals surface area contributed by atoms with Crippen molar-refractivity contribution < 1.29 is 14.4 Å². The lowest BCUT2D eigenvalue weighted by molar-refractivity contribution is -0.140. The summed E-state index contributed by atoms with van der Waals surface area (Å²) >= 11 is 0. The van der Waals surface area contributed by atoms with Crippen molar-refractivity contribution in [3.05, 3.63) is 53.1 Å². The monoisotopic (exact) mass is 349 g/mol. The van der Waals surface area contributed by atoms with Gasteiger partial charge in [-0.3, -0.25) is 9.69 Å². The van der Waals surface area contributed by atoms with Crippen LogP contribution in [0.15, 0.2) is 41.6 Å². The number of benzene rings is 2. The van der Waals surface area contributed by atoms with Gasteiger partial charge < -0.3 is 10.2 Å². The third kappa shape index (κ3) is 2.68. The molecule has 0 aromatic heterocycles. The number of nitrogens with one attached hydrogen (secondary N) is 1. The van der Waals surface area contributed by atoms with E-state index in [4.69, 9.17) is 4.84 Å². The molecule has 132 valence electrons. The largest absolute Gasteiger partial charge is 0.332 e. The van der Waals surface area contributed by atoms with Crippen LogP contribution < -0.4 is 5.32 Å². The number of nitrogens with zero attached hydrogens (tertiary/aromatic N) is 2. The van der Waals surface area contributed by atoms with Crippen molar-refractivity contribution in [3.63, 3.8) is 0 Å². The Hall–Kier alpha value is -2.99. The summed E-state index contributed by atoms with van der Waals surface area (Å²) in [5.74, 6) is -0.899. The fraction of sp³-hybridized carbons (Fsp3) is 0.250. The van der Waals surface area contributed by atoms with E-state index in [9.17, 15) is 9.59 Å². The van der Waals surface area contributed by atoms with Gasteiger partial charge in [0, 0.05) is 25.6 Å². The first-order valence-electron chi connectivity index (χ1n) is 8.62. The molecule has 0 fully saturated rings. The predicted molar refractivity (Wildman–Crippen MR) is 98.6 cm³/mol. The maximum absolute atomic E-state index is 12.4. The number of rotatable bonds is 3. The molecule has 2 aromatic rings. The van der Waals surface area contributed by atoms with Crippen LogP contribution >= 0.6 is 0 Å². The topological polar surface area (TPSA) is 71.0 Å². The Morgan fingerprint density at radius 1 is 1.19 bits per heavy atom. The third-order valence-electron chi connectivity index (χ3n) is 4.82. The Kier molecular flexibility index (Phi) is 4.05. The lowest BCUT2D eigenvalue weighted by Gasteiger charge is -2.12.